The molecule has 9 heteroatoms. The lowest BCUT2D eigenvalue weighted by Crippen LogP contribution is -2.42. The lowest BCUT2D eigenvalue weighted by atomic mass is 10.1. The van der Waals surface area contributed by atoms with Crippen molar-refractivity contribution in [2.75, 3.05) is 13.7 Å². The van der Waals surface area contributed by atoms with E-state index in [1.807, 2.05) is 0 Å². The van der Waals surface area contributed by atoms with Gasteiger partial charge in [0.25, 0.3) is 5.69 Å². The highest BCUT2D eigenvalue weighted by atomic mass is 35.5. The maximum atomic E-state index is 11.1. The Balaban J connectivity index is 1.78. The van der Waals surface area contributed by atoms with Crippen LogP contribution in [-0.2, 0) is 0 Å². The summed E-state index contributed by atoms with van der Waals surface area (Å²) in [6.07, 6.45) is 1.96. The summed E-state index contributed by atoms with van der Waals surface area (Å²) in [5, 5.41) is 20.1. The molecule has 136 valence electrons. The van der Waals surface area contributed by atoms with Gasteiger partial charge in [0.05, 0.1) is 16.7 Å². The van der Waals surface area contributed by atoms with E-state index in [0.717, 1.165) is 12.8 Å². The van der Waals surface area contributed by atoms with Gasteiger partial charge in [-0.3, -0.25) is 10.1 Å². The Morgan fingerprint density at radius 1 is 1.42 bits per heavy atom. The van der Waals surface area contributed by atoms with Crippen molar-refractivity contribution in [1.82, 2.24) is 9.88 Å². The van der Waals surface area contributed by atoms with Gasteiger partial charge in [0.15, 0.2) is 0 Å². The van der Waals surface area contributed by atoms with Gasteiger partial charge >= 0.3 is 6.09 Å². The number of halogens is 1. The van der Waals surface area contributed by atoms with Crippen LogP contribution >= 0.6 is 11.6 Å². The van der Waals surface area contributed by atoms with Gasteiger partial charge in [-0.2, -0.15) is 0 Å². The second-order valence-corrected chi connectivity index (χ2v) is 6.53. The Kier molecular flexibility index (Phi) is 4.69. The van der Waals surface area contributed by atoms with Crippen molar-refractivity contribution in [2.24, 2.45) is 0 Å². The molecule has 0 bridgehead atoms. The summed E-state index contributed by atoms with van der Waals surface area (Å²) in [7, 11) is 1.53. The number of nitro groups is 1. The third kappa shape index (κ3) is 3.55. The zero-order chi connectivity index (χ0) is 18.9. The number of nitrogens with zero attached hydrogens (tertiary/aromatic N) is 3. The minimum Gasteiger partial charge on any atom is -0.489 e. The van der Waals surface area contributed by atoms with Crippen molar-refractivity contribution in [3.8, 4) is 16.9 Å². The number of ether oxygens (including phenoxy) is 1. The molecule has 3 rings (SSSR count). The number of aromatic nitrogens is 1. The molecule has 0 spiro atoms. The molecule has 1 saturated carbocycles. The molecule has 1 N–H and O–H groups in total. The zero-order valence-corrected chi connectivity index (χ0v) is 14.6. The number of hydrogen-bond donors (Lipinski definition) is 1. The van der Waals surface area contributed by atoms with E-state index in [1.165, 1.54) is 30.3 Å². The number of amides is 1. The van der Waals surface area contributed by atoms with Crippen LogP contribution in [0.25, 0.3) is 11.1 Å². The first kappa shape index (κ1) is 17.9. The number of likely N-dealkylation sites (N-methyl/N-ethyl adjacent to an activating group) is 1. The van der Waals surface area contributed by atoms with Crippen LogP contribution in [0.2, 0.25) is 5.15 Å². The van der Waals surface area contributed by atoms with E-state index in [0.29, 0.717) is 16.9 Å². The van der Waals surface area contributed by atoms with Crippen LogP contribution in [0.3, 0.4) is 0 Å². The summed E-state index contributed by atoms with van der Waals surface area (Å²) in [5.74, 6) is 0.452. The second-order valence-electron chi connectivity index (χ2n) is 6.17. The van der Waals surface area contributed by atoms with Gasteiger partial charge in [-0.15, -0.1) is 0 Å². The molecule has 1 fully saturated rings. The van der Waals surface area contributed by atoms with Crippen molar-refractivity contribution in [3.05, 3.63) is 51.8 Å². The van der Waals surface area contributed by atoms with Gasteiger partial charge in [-0.25, -0.2) is 9.78 Å². The fraction of sp³-hybridized carbons (Fsp3) is 0.294. The largest absolute Gasteiger partial charge is 0.489 e. The second kappa shape index (κ2) is 6.80. The van der Waals surface area contributed by atoms with Crippen molar-refractivity contribution in [2.45, 2.75) is 18.4 Å². The molecule has 2 aromatic rings. The first-order valence-corrected chi connectivity index (χ1v) is 8.20. The van der Waals surface area contributed by atoms with Crippen LogP contribution in [0.5, 0.6) is 5.75 Å². The average Bonchev–Trinajstić information content (AvgIpc) is 3.41. The number of nitro benzene ring substituents is 1. The number of carbonyl (C=O) groups is 1. The molecular weight excluding hydrogens is 362 g/mol. The third-order valence-electron chi connectivity index (χ3n) is 4.54. The maximum Gasteiger partial charge on any atom is 0.407 e. The molecule has 0 saturated heterocycles. The topological polar surface area (TPSA) is 106 Å². The van der Waals surface area contributed by atoms with Crippen molar-refractivity contribution in [1.29, 1.82) is 0 Å². The van der Waals surface area contributed by atoms with E-state index in [1.54, 1.807) is 18.2 Å². The first-order valence-electron chi connectivity index (χ1n) is 7.82. The molecule has 0 aliphatic heterocycles. The summed E-state index contributed by atoms with van der Waals surface area (Å²) < 4.78 is 5.75. The van der Waals surface area contributed by atoms with Crippen LogP contribution in [-0.4, -0.2) is 45.2 Å². The summed E-state index contributed by atoms with van der Waals surface area (Å²) in [4.78, 5) is 26.8. The monoisotopic (exact) mass is 377 g/mol. The molecule has 1 heterocycles. The minimum atomic E-state index is -0.994. The highest BCUT2D eigenvalue weighted by Crippen LogP contribution is 2.41. The van der Waals surface area contributed by atoms with E-state index >= 15 is 0 Å². The molecule has 8 nitrogen and oxygen atoms in total. The normalized spacial score (nSPS) is 14.5. The van der Waals surface area contributed by atoms with Gasteiger partial charge in [-0.05, 0) is 36.6 Å². The number of rotatable bonds is 6. The van der Waals surface area contributed by atoms with Crippen LogP contribution < -0.4 is 4.74 Å². The lowest BCUT2D eigenvalue weighted by molar-refractivity contribution is -0.384. The quantitative estimate of drug-likeness (QED) is 0.466. The fourth-order valence-electron chi connectivity index (χ4n) is 2.61. The predicted molar refractivity (Wildman–Crippen MR) is 94.6 cm³/mol. The number of carboxylic acid groups (broad SMARTS) is 1. The van der Waals surface area contributed by atoms with Crippen molar-refractivity contribution >= 4 is 23.4 Å². The maximum absolute atomic E-state index is 11.1. The highest BCUT2D eigenvalue weighted by Gasteiger charge is 2.49. The lowest BCUT2D eigenvalue weighted by Gasteiger charge is -2.25. The first-order chi connectivity index (χ1) is 12.3. The van der Waals surface area contributed by atoms with Crippen molar-refractivity contribution in [3.63, 3.8) is 0 Å². The molecule has 1 aromatic heterocycles. The van der Waals surface area contributed by atoms with Gasteiger partial charge in [0.1, 0.15) is 17.5 Å². The van der Waals surface area contributed by atoms with E-state index in [2.05, 4.69) is 4.98 Å². The Labute approximate surface area is 154 Å². The van der Waals surface area contributed by atoms with Crippen LogP contribution in [0, 0.1) is 10.1 Å². The van der Waals surface area contributed by atoms with E-state index in [4.69, 9.17) is 21.4 Å². The number of hydrogen-bond acceptors (Lipinski definition) is 5. The molecular formula is C17H16ClN3O5. The molecule has 1 aliphatic rings. The smallest absolute Gasteiger partial charge is 0.407 e. The summed E-state index contributed by atoms with van der Waals surface area (Å²) in [6, 6.07) is 7.64. The van der Waals surface area contributed by atoms with Gasteiger partial charge in [0.2, 0.25) is 0 Å². The van der Waals surface area contributed by atoms with Crippen LogP contribution in [0.4, 0.5) is 10.5 Å². The Hall–Kier alpha value is -2.87. The standard InChI is InChI=1S/C17H16ClN3O5/c1-20(16(22)23)17(6-7-17)10-26-13-8-14(15(18)19-9-13)11-2-4-12(5-3-11)21(24)25/h2-5,8-9H,6-7,10H2,1H3,(H,22,23). The molecule has 1 amide bonds. The summed E-state index contributed by atoms with van der Waals surface area (Å²) in [5.41, 5.74) is 0.731. The number of pyridine rings is 1. The average molecular weight is 378 g/mol. The van der Waals surface area contributed by atoms with E-state index in [-0.39, 0.29) is 17.4 Å². The fourth-order valence-corrected chi connectivity index (χ4v) is 2.83. The molecule has 26 heavy (non-hydrogen) atoms. The molecule has 1 aliphatic carbocycles. The summed E-state index contributed by atoms with van der Waals surface area (Å²) >= 11 is 6.14. The number of non-ortho nitro benzene ring substituents is 1. The summed E-state index contributed by atoms with van der Waals surface area (Å²) in [6.45, 7) is 0.221. The predicted octanol–water partition coefficient (Wildman–Crippen LogP) is 3.83. The SMILES string of the molecule is CN(C(=O)O)C1(COc2cnc(Cl)c(-c3ccc([N+](=O)[O-])cc3)c2)CC1. The minimum absolute atomic E-state index is 0.0161. The molecule has 0 atom stereocenters. The molecule has 0 radical (unpaired) electrons. The van der Waals surface area contributed by atoms with Crippen LogP contribution in [0.1, 0.15) is 12.8 Å². The van der Waals surface area contributed by atoms with E-state index < -0.39 is 16.6 Å². The van der Waals surface area contributed by atoms with Crippen molar-refractivity contribution < 1.29 is 19.6 Å². The molecule has 1 aromatic carbocycles. The van der Waals surface area contributed by atoms with Gasteiger partial charge in [0, 0.05) is 24.7 Å². The van der Waals surface area contributed by atoms with E-state index in [9.17, 15) is 14.9 Å². The van der Waals surface area contributed by atoms with Gasteiger partial charge < -0.3 is 14.7 Å². The Bertz CT molecular complexity index is 852. The van der Waals surface area contributed by atoms with Crippen LogP contribution in [0.15, 0.2) is 36.5 Å². The molecule has 0 unspecified atom stereocenters. The third-order valence-corrected chi connectivity index (χ3v) is 4.84. The Morgan fingerprint density at radius 3 is 2.62 bits per heavy atom. The zero-order valence-electron chi connectivity index (χ0n) is 13.9. The Morgan fingerprint density at radius 2 is 2.08 bits per heavy atom. The van der Waals surface area contributed by atoms with Gasteiger partial charge in [-0.1, -0.05) is 11.6 Å². The number of benzene rings is 1. The highest BCUT2D eigenvalue weighted by molar-refractivity contribution is 6.32.